The first-order valence-electron chi connectivity index (χ1n) is 10.8. The maximum absolute atomic E-state index is 6.65. The summed E-state index contributed by atoms with van der Waals surface area (Å²) in [7, 11) is 0. The molecule has 1 N–H and O–H groups in total. The van der Waals surface area contributed by atoms with Gasteiger partial charge in [-0.15, -0.1) is 0 Å². The van der Waals surface area contributed by atoms with Crippen LogP contribution in [0.2, 0.25) is 0 Å². The van der Waals surface area contributed by atoms with Crippen molar-refractivity contribution in [3.05, 3.63) is 50.1 Å². The minimum Gasteiger partial charge on any atom is -0.485 e. The van der Waals surface area contributed by atoms with Crippen molar-refractivity contribution in [1.29, 1.82) is 0 Å². The lowest BCUT2D eigenvalue weighted by molar-refractivity contribution is 0.221. The quantitative estimate of drug-likeness (QED) is 0.499. The molecule has 2 heteroatoms. The largest absolute Gasteiger partial charge is 0.485 e. The van der Waals surface area contributed by atoms with E-state index >= 15 is 0 Å². The highest BCUT2D eigenvalue weighted by molar-refractivity contribution is 5.95. The third-order valence-corrected chi connectivity index (χ3v) is 7.99. The number of anilines is 1. The van der Waals surface area contributed by atoms with Gasteiger partial charge in [-0.05, 0) is 126 Å². The highest BCUT2D eigenvalue weighted by Crippen LogP contribution is 2.55. The number of fused-ring (bicyclic) bond motifs is 5. The van der Waals surface area contributed by atoms with E-state index in [0.717, 1.165) is 5.75 Å². The molecule has 0 aromatic heterocycles. The Morgan fingerprint density at radius 2 is 1.24 bits per heavy atom. The van der Waals surface area contributed by atoms with Gasteiger partial charge in [-0.3, -0.25) is 0 Å². The van der Waals surface area contributed by atoms with Crippen LogP contribution in [-0.2, 0) is 0 Å². The van der Waals surface area contributed by atoms with Gasteiger partial charge in [0.25, 0.3) is 0 Å². The van der Waals surface area contributed by atoms with Gasteiger partial charge in [-0.2, -0.15) is 0 Å². The van der Waals surface area contributed by atoms with E-state index in [0.29, 0.717) is 0 Å². The molecular formula is C27H35NO. The van der Waals surface area contributed by atoms with Crippen molar-refractivity contribution in [2.24, 2.45) is 0 Å². The van der Waals surface area contributed by atoms with Gasteiger partial charge < -0.3 is 10.1 Å². The van der Waals surface area contributed by atoms with Crippen LogP contribution in [0.3, 0.4) is 0 Å². The second kappa shape index (κ2) is 6.14. The van der Waals surface area contributed by atoms with Gasteiger partial charge in [0, 0.05) is 22.4 Å². The van der Waals surface area contributed by atoms with Crippen LogP contribution in [0.15, 0.2) is 5.57 Å². The van der Waals surface area contributed by atoms with Gasteiger partial charge >= 0.3 is 0 Å². The number of allylic oxidation sites excluding steroid dienone is 1. The van der Waals surface area contributed by atoms with Crippen LogP contribution in [-0.4, -0.2) is 5.54 Å². The summed E-state index contributed by atoms with van der Waals surface area (Å²) in [6.45, 7) is 24.8. The topological polar surface area (TPSA) is 21.3 Å². The second-order valence-electron chi connectivity index (χ2n) is 9.75. The summed E-state index contributed by atoms with van der Waals surface area (Å²) in [6, 6.07) is 0. The van der Waals surface area contributed by atoms with Gasteiger partial charge in [-0.1, -0.05) is 0 Å². The van der Waals surface area contributed by atoms with Crippen molar-refractivity contribution in [2.45, 2.75) is 87.8 Å². The lowest BCUT2D eigenvalue weighted by Crippen LogP contribution is -2.37. The molecule has 0 saturated carbocycles. The zero-order valence-corrected chi connectivity index (χ0v) is 20.0. The van der Waals surface area contributed by atoms with Crippen molar-refractivity contribution >= 4 is 11.3 Å². The molecule has 0 spiro atoms. The minimum absolute atomic E-state index is 0.0246. The number of rotatable bonds is 0. The van der Waals surface area contributed by atoms with E-state index in [4.69, 9.17) is 4.74 Å². The van der Waals surface area contributed by atoms with Gasteiger partial charge in [-0.25, -0.2) is 0 Å². The van der Waals surface area contributed by atoms with Gasteiger partial charge in [0.15, 0.2) is 0 Å². The molecule has 0 bridgehead atoms. The Kier molecular flexibility index (Phi) is 4.25. The van der Waals surface area contributed by atoms with E-state index < -0.39 is 0 Å². The van der Waals surface area contributed by atoms with Crippen LogP contribution in [0.5, 0.6) is 5.75 Å². The van der Waals surface area contributed by atoms with Crippen LogP contribution in [0.4, 0.5) is 5.69 Å². The third-order valence-electron chi connectivity index (χ3n) is 7.99. The molecule has 2 heterocycles. The Morgan fingerprint density at radius 3 is 1.86 bits per heavy atom. The van der Waals surface area contributed by atoms with E-state index in [2.05, 4.69) is 81.5 Å². The van der Waals surface area contributed by atoms with Gasteiger partial charge in [0.05, 0.1) is 5.54 Å². The molecule has 2 nitrogen and oxygen atoms in total. The SMILES string of the molecule is CC1=C(C)C(C)(C)Nc2c(C)c(C)c3c(c21)C(C)Oc1c(C)c(C)c(C)c(C)c1-3. The molecule has 2 aliphatic heterocycles. The summed E-state index contributed by atoms with van der Waals surface area (Å²) in [5.74, 6) is 1.08. The minimum atomic E-state index is -0.0423. The fraction of sp³-hybridized carbons (Fsp3) is 0.481. The van der Waals surface area contributed by atoms with E-state index in [1.807, 2.05) is 0 Å². The molecule has 2 aromatic carbocycles. The fourth-order valence-corrected chi connectivity index (χ4v) is 5.32. The standard InChI is InChI=1S/C27H35NO/c1-12-13(2)17(6)26-23(14(12)3)21-15(4)16(5)25-22(24(21)20(9)29-26)18(7)19(8)27(10,11)28-25/h20,28H,1-11H3. The first kappa shape index (κ1) is 20.1. The zero-order valence-electron chi connectivity index (χ0n) is 20.0. The maximum atomic E-state index is 6.65. The monoisotopic (exact) mass is 389 g/mol. The van der Waals surface area contributed by atoms with Crippen molar-refractivity contribution in [3.8, 4) is 16.9 Å². The molecule has 0 aliphatic carbocycles. The molecule has 0 amide bonds. The Labute approximate surface area is 176 Å². The molecule has 0 radical (unpaired) electrons. The third kappa shape index (κ3) is 2.47. The van der Waals surface area contributed by atoms with Crippen LogP contribution in [0, 0.1) is 41.5 Å². The number of ether oxygens (including phenoxy) is 1. The predicted octanol–water partition coefficient (Wildman–Crippen LogP) is 7.66. The lowest BCUT2D eigenvalue weighted by Gasteiger charge is -2.42. The Morgan fingerprint density at radius 1 is 0.690 bits per heavy atom. The second-order valence-corrected chi connectivity index (χ2v) is 9.75. The summed E-state index contributed by atoms with van der Waals surface area (Å²) in [5.41, 5.74) is 17.5. The summed E-state index contributed by atoms with van der Waals surface area (Å²) in [5, 5.41) is 3.85. The number of hydrogen-bond acceptors (Lipinski definition) is 2. The van der Waals surface area contributed by atoms with E-state index in [9.17, 15) is 0 Å². The predicted molar refractivity (Wildman–Crippen MR) is 125 cm³/mol. The molecular weight excluding hydrogens is 354 g/mol. The summed E-state index contributed by atoms with van der Waals surface area (Å²) in [6.07, 6.45) is 0.0246. The van der Waals surface area contributed by atoms with Crippen LogP contribution in [0.25, 0.3) is 16.7 Å². The summed E-state index contributed by atoms with van der Waals surface area (Å²) >= 11 is 0. The Balaban J connectivity index is 2.21. The van der Waals surface area contributed by atoms with E-state index in [-0.39, 0.29) is 11.6 Å². The van der Waals surface area contributed by atoms with E-state index in [1.165, 1.54) is 72.5 Å². The molecule has 0 saturated heterocycles. The van der Waals surface area contributed by atoms with Crippen LogP contribution >= 0.6 is 0 Å². The smallest absolute Gasteiger partial charge is 0.131 e. The molecule has 2 aromatic rings. The normalized spacial score (nSPS) is 19.2. The zero-order chi connectivity index (χ0) is 21.6. The molecule has 2 aliphatic rings. The highest BCUT2D eigenvalue weighted by atomic mass is 16.5. The average molecular weight is 390 g/mol. The maximum Gasteiger partial charge on any atom is 0.131 e. The molecule has 1 unspecified atom stereocenters. The van der Waals surface area contributed by atoms with Crippen molar-refractivity contribution in [3.63, 3.8) is 0 Å². The first-order chi connectivity index (χ1) is 13.4. The number of hydrogen-bond donors (Lipinski definition) is 1. The lowest BCUT2D eigenvalue weighted by atomic mass is 9.74. The molecule has 1 atom stereocenters. The van der Waals surface area contributed by atoms with Crippen molar-refractivity contribution < 1.29 is 4.74 Å². The molecule has 154 valence electrons. The summed E-state index contributed by atoms with van der Waals surface area (Å²) in [4.78, 5) is 0. The van der Waals surface area contributed by atoms with E-state index in [1.54, 1.807) is 0 Å². The van der Waals surface area contributed by atoms with Crippen LogP contribution in [0.1, 0.15) is 85.2 Å². The first-order valence-corrected chi connectivity index (χ1v) is 10.8. The average Bonchev–Trinajstić information content (AvgIpc) is 2.66. The van der Waals surface area contributed by atoms with Crippen LogP contribution < -0.4 is 10.1 Å². The molecule has 4 rings (SSSR count). The van der Waals surface area contributed by atoms with Crippen molar-refractivity contribution in [2.75, 3.05) is 5.32 Å². The van der Waals surface area contributed by atoms with Crippen molar-refractivity contribution in [1.82, 2.24) is 0 Å². The molecule has 29 heavy (non-hydrogen) atoms. The van der Waals surface area contributed by atoms with Gasteiger partial charge in [0.1, 0.15) is 11.9 Å². The molecule has 0 fully saturated rings. The van der Waals surface area contributed by atoms with Gasteiger partial charge in [0.2, 0.25) is 0 Å². The number of nitrogens with one attached hydrogen (secondary N) is 1. The highest BCUT2D eigenvalue weighted by Gasteiger charge is 2.38. The Bertz CT molecular complexity index is 1110. The number of benzene rings is 2. The summed E-state index contributed by atoms with van der Waals surface area (Å²) < 4.78 is 6.65. The Hall–Kier alpha value is -2.22. The fourth-order valence-electron chi connectivity index (χ4n) is 5.32.